The number of amides is 2. The molecule has 0 aromatic heterocycles. The first kappa shape index (κ1) is 29.9. The molecule has 1 atom stereocenters. The Balaban J connectivity index is 2.25. The van der Waals surface area contributed by atoms with Crippen molar-refractivity contribution >= 4 is 50.7 Å². The molecule has 36 heavy (non-hydrogen) atoms. The quantitative estimate of drug-likeness (QED) is 0.394. The molecule has 2 aromatic rings. The molecule has 0 aliphatic heterocycles. The number of hydrogen-bond acceptors (Lipinski definition) is 4. The topological polar surface area (TPSA) is 86.8 Å². The van der Waals surface area contributed by atoms with E-state index in [1.54, 1.807) is 24.3 Å². The first-order chi connectivity index (χ1) is 16.9. The maximum atomic E-state index is 13.4. The van der Waals surface area contributed by atoms with Crippen LogP contribution in [0.4, 0.5) is 5.69 Å². The normalized spacial score (nSPS) is 12.2. The Bertz CT molecular complexity index is 1190. The van der Waals surface area contributed by atoms with Crippen LogP contribution in [-0.2, 0) is 26.2 Å². The second-order valence-electron chi connectivity index (χ2n) is 8.78. The first-order valence-electron chi connectivity index (χ1n) is 11.9. The van der Waals surface area contributed by atoms with Gasteiger partial charge in [0.1, 0.15) is 6.04 Å². The Hall–Kier alpha value is -2.29. The summed E-state index contributed by atoms with van der Waals surface area (Å²) in [6.07, 6.45) is 1.93. The van der Waals surface area contributed by atoms with Gasteiger partial charge in [0, 0.05) is 36.1 Å². The van der Waals surface area contributed by atoms with Crippen molar-refractivity contribution in [1.82, 2.24) is 10.2 Å². The fourth-order valence-electron chi connectivity index (χ4n) is 3.93. The minimum Gasteiger partial charge on any atom is -0.355 e. The third-order valence-electron chi connectivity index (χ3n) is 6.02. The van der Waals surface area contributed by atoms with Crippen LogP contribution in [0.3, 0.4) is 0 Å². The van der Waals surface area contributed by atoms with Gasteiger partial charge in [-0.2, -0.15) is 0 Å². The molecule has 2 amide bonds. The summed E-state index contributed by atoms with van der Waals surface area (Å²) in [7, 11) is -3.55. The van der Waals surface area contributed by atoms with Gasteiger partial charge in [-0.1, -0.05) is 42.3 Å². The number of sulfonamides is 1. The van der Waals surface area contributed by atoms with Crippen LogP contribution in [-0.4, -0.2) is 50.5 Å². The molecule has 1 unspecified atom stereocenters. The largest absolute Gasteiger partial charge is 0.355 e. The summed E-state index contributed by atoms with van der Waals surface area (Å²) in [4.78, 5) is 27.7. The third kappa shape index (κ3) is 8.11. The van der Waals surface area contributed by atoms with Gasteiger partial charge in [-0.05, 0) is 74.6 Å². The first-order valence-corrected chi connectivity index (χ1v) is 14.6. The molecule has 7 nitrogen and oxygen atoms in total. The van der Waals surface area contributed by atoms with E-state index < -0.39 is 16.1 Å². The molecule has 198 valence electrons. The number of aryl methyl sites for hydroxylation is 2. The standard InChI is InChI=1S/C26H35Cl2N3O4S/c1-6-24(26(33)29-7-2)30(17-20-11-12-21(27)16-23(20)28)25(32)9-8-14-31(36(5,34)35)22-13-10-18(3)19(4)15-22/h10-13,15-16,24H,6-9,14,17H2,1-5H3,(H,29,33). The lowest BCUT2D eigenvalue weighted by molar-refractivity contribution is -0.141. The molecule has 1 N–H and O–H groups in total. The molecule has 10 heteroatoms. The third-order valence-corrected chi connectivity index (χ3v) is 7.80. The van der Waals surface area contributed by atoms with E-state index in [2.05, 4.69) is 5.32 Å². The molecule has 0 aliphatic carbocycles. The van der Waals surface area contributed by atoms with Gasteiger partial charge in [0.05, 0.1) is 11.9 Å². The molecular weight excluding hydrogens is 521 g/mol. The van der Waals surface area contributed by atoms with Crippen molar-refractivity contribution in [3.8, 4) is 0 Å². The van der Waals surface area contributed by atoms with Gasteiger partial charge in [0.2, 0.25) is 21.8 Å². The fourth-order valence-corrected chi connectivity index (χ4v) is 5.36. The van der Waals surface area contributed by atoms with Gasteiger partial charge in [-0.25, -0.2) is 8.42 Å². The molecule has 0 aliphatic rings. The average molecular weight is 557 g/mol. The van der Waals surface area contributed by atoms with E-state index in [4.69, 9.17) is 23.2 Å². The average Bonchev–Trinajstić information content (AvgIpc) is 2.79. The number of rotatable bonds is 12. The van der Waals surface area contributed by atoms with Crippen LogP contribution in [0.1, 0.15) is 49.8 Å². The maximum absolute atomic E-state index is 13.4. The van der Waals surface area contributed by atoms with Crippen LogP contribution in [0.15, 0.2) is 36.4 Å². The van der Waals surface area contributed by atoms with Gasteiger partial charge in [-0.15, -0.1) is 0 Å². The number of hydrogen-bond donors (Lipinski definition) is 1. The van der Waals surface area contributed by atoms with Gasteiger partial charge in [0.25, 0.3) is 0 Å². The summed E-state index contributed by atoms with van der Waals surface area (Å²) in [5.41, 5.74) is 3.28. The fraction of sp³-hybridized carbons (Fsp3) is 0.462. The lowest BCUT2D eigenvalue weighted by atomic mass is 10.1. The molecule has 0 spiro atoms. The minimum atomic E-state index is -3.55. The van der Waals surface area contributed by atoms with E-state index in [0.717, 1.165) is 17.4 Å². The number of nitrogens with zero attached hydrogens (tertiary/aromatic N) is 2. The van der Waals surface area contributed by atoms with Crippen molar-refractivity contribution in [2.24, 2.45) is 0 Å². The summed E-state index contributed by atoms with van der Waals surface area (Å²) in [5, 5.41) is 3.68. The van der Waals surface area contributed by atoms with E-state index in [1.165, 1.54) is 9.21 Å². The number of nitrogens with one attached hydrogen (secondary N) is 1. The van der Waals surface area contributed by atoms with Gasteiger partial charge in [0.15, 0.2) is 0 Å². The van der Waals surface area contributed by atoms with Gasteiger partial charge >= 0.3 is 0 Å². The zero-order valence-electron chi connectivity index (χ0n) is 21.5. The van der Waals surface area contributed by atoms with E-state index in [9.17, 15) is 18.0 Å². The van der Waals surface area contributed by atoms with Crippen LogP contribution in [0, 0.1) is 13.8 Å². The highest BCUT2D eigenvalue weighted by atomic mass is 35.5. The molecule has 2 rings (SSSR count). The highest BCUT2D eigenvalue weighted by molar-refractivity contribution is 7.92. The maximum Gasteiger partial charge on any atom is 0.242 e. The Kier molecular flexibility index (Phi) is 11.1. The van der Waals surface area contributed by atoms with E-state index in [1.807, 2.05) is 39.8 Å². The number of anilines is 1. The second-order valence-corrected chi connectivity index (χ2v) is 11.5. The highest BCUT2D eigenvalue weighted by Crippen LogP contribution is 2.25. The van der Waals surface area contributed by atoms with Crippen LogP contribution < -0.4 is 9.62 Å². The summed E-state index contributed by atoms with van der Waals surface area (Å²) in [6, 6.07) is 9.81. The van der Waals surface area contributed by atoms with E-state index in [0.29, 0.717) is 34.3 Å². The number of likely N-dealkylation sites (N-methyl/N-ethyl adjacent to an activating group) is 1. The Morgan fingerprint density at radius 1 is 1.03 bits per heavy atom. The lowest BCUT2D eigenvalue weighted by Gasteiger charge is -2.31. The number of halogens is 2. The second kappa shape index (κ2) is 13.3. The van der Waals surface area contributed by atoms with E-state index in [-0.39, 0.29) is 37.7 Å². The smallest absolute Gasteiger partial charge is 0.242 e. The van der Waals surface area contributed by atoms with Crippen molar-refractivity contribution < 1.29 is 18.0 Å². The van der Waals surface area contributed by atoms with Crippen molar-refractivity contribution in [2.45, 2.75) is 59.5 Å². The number of carbonyl (C=O) groups is 2. The Morgan fingerprint density at radius 2 is 1.72 bits per heavy atom. The minimum absolute atomic E-state index is 0.0674. The van der Waals surface area contributed by atoms with Crippen molar-refractivity contribution in [2.75, 3.05) is 23.7 Å². The van der Waals surface area contributed by atoms with Gasteiger partial charge < -0.3 is 10.2 Å². The highest BCUT2D eigenvalue weighted by Gasteiger charge is 2.29. The summed E-state index contributed by atoms with van der Waals surface area (Å²) < 4.78 is 26.3. The zero-order valence-corrected chi connectivity index (χ0v) is 23.8. The molecule has 0 saturated heterocycles. The van der Waals surface area contributed by atoms with Crippen LogP contribution >= 0.6 is 23.2 Å². The van der Waals surface area contributed by atoms with Crippen molar-refractivity contribution in [3.05, 3.63) is 63.1 Å². The number of carbonyl (C=O) groups excluding carboxylic acids is 2. The Morgan fingerprint density at radius 3 is 2.28 bits per heavy atom. The molecular formula is C26H35Cl2N3O4S. The molecule has 2 aromatic carbocycles. The Labute approximate surface area is 224 Å². The SMILES string of the molecule is CCNC(=O)C(CC)N(Cc1ccc(Cl)cc1Cl)C(=O)CCCN(c1ccc(C)c(C)c1)S(C)(=O)=O. The van der Waals surface area contributed by atoms with E-state index >= 15 is 0 Å². The summed E-state index contributed by atoms with van der Waals surface area (Å²) in [6.45, 7) is 8.27. The monoisotopic (exact) mass is 555 g/mol. The predicted molar refractivity (Wildman–Crippen MR) is 147 cm³/mol. The molecule has 0 bridgehead atoms. The van der Waals surface area contributed by atoms with Crippen LogP contribution in [0.5, 0.6) is 0 Å². The number of benzene rings is 2. The molecule has 0 saturated carbocycles. The van der Waals surface area contributed by atoms with Crippen LogP contribution in [0.2, 0.25) is 10.0 Å². The van der Waals surface area contributed by atoms with Gasteiger partial charge in [-0.3, -0.25) is 13.9 Å². The molecule has 0 radical (unpaired) electrons. The molecule has 0 fully saturated rings. The van der Waals surface area contributed by atoms with Crippen molar-refractivity contribution in [1.29, 1.82) is 0 Å². The van der Waals surface area contributed by atoms with Crippen LogP contribution in [0.25, 0.3) is 0 Å². The summed E-state index contributed by atoms with van der Waals surface area (Å²) in [5.74, 6) is -0.501. The predicted octanol–water partition coefficient (Wildman–Crippen LogP) is 5.10. The van der Waals surface area contributed by atoms with Crippen molar-refractivity contribution in [3.63, 3.8) is 0 Å². The summed E-state index contributed by atoms with van der Waals surface area (Å²) >= 11 is 12.4. The lowest BCUT2D eigenvalue weighted by Crippen LogP contribution is -2.49. The zero-order chi connectivity index (χ0) is 27.0. The molecule has 0 heterocycles.